The summed E-state index contributed by atoms with van der Waals surface area (Å²) in [5.41, 5.74) is 1.23. The molecule has 1 saturated heterocycles. The van der Waals surface area contributed by atoms with E-state index in [9.17, 15) is 0 Å². The van der Waals surface area contributed by atoms with Gasteiger partial charge in [-0.05, 0) is 30.7 Å². The molecule has 0 spiro atoms. The Bertz CT molecular complexity index is 566. The molecule has 0 saturated carbocycles. The SMILES string of the molecule is Cc1ccc([C@@H](CNCc2cccnc2)N2CCOCC2)s1. The van der Waals surface area contributed by atoms with Crippen LogP contribution in [0.4, 0.5) is 0 Å². The van der Waals surface area contributed by atoms with Crippen molar-refractivity contribution in [1.82, 2.24) is 15.2 Å². The molecule has 2 aromatic heterocycles. The van der Waals surface area contributed by atoms with E-state index < -0.39 is 0 Å². The molecule has 1 fully saturated rings. The van der Waals surface area contributed by atoms with E-state index in [1.807, 2.05) is 29.8 Å². The van der Waals surface area contributed by atoms with E-state index in [4.69, 9.17) is 4.74 Å². The molecular weight excluding hydrogens is 294 g/mol. The van der Waals surface area contributed by atoms with Gasteiger partial charge in [-0.1, -0.05) is 6.07 Å². The number of ether oxygens (including phenoxy) is 1. The monoisotopic (exact) mass is 317 g/mol. The number of nitrogens with zero attached hydrogens (tertiary/aromatic N) is 2. The lowest BCUT2D eigenvalue weighted by Crippen LogP contribution is -2.42. The summed E-state index contributed by atoms with van der Waals surface area (Å²) < 4.78 is 5.50. The molecule has 5 heteroatoms. The van der Waals surface area contributed by atoms with Gasteiger partial charge in [0.25, 0.3) is 0 Å². The molecule has 0 radical (unpaired) electrons. The first-order valence-electron chi connectivity index (χ1n) is 7.80. The molecule has 118 valence electrons. The van der Waals surface area contributed by atoms with E-state index in [0.29, 0.717) is 6.04 Å². The van der Waals surface area contributed by atoms with Crippen LogP contribution in [0.25, 0.3) is 0 Å². The number of aryl methyl sites for hydroxylation is 1. The summed E-state index contributed by atoms with van der Waals surface area (Å²) in [5.74, 6) is 0. The molecule has 0 aromatic carbocycles. The lowest BCUT2D eigenvalue weighted by Gasteiger charge is -2.34. The normalized spacial score (nSPS) is 17.5. The Kier molecular flexibility index (Phi) is 5.56. The summed E-state index contributed by atoms with van der Waals surface area (Å²) in [6.07, 6.45) is 3.74. The molecule has 1 N–H and O–H groups in total. The van der Waals surface area contributed by atoms with Crippen LogP contribution < -0.4 is 5.32 Å². The number of morpholine rings is 1. The van der Waals surface area contributed by atoms with Crippen LogP contribution in [-0.4, -0.2) is 42.7 Å². The van der Waals surface area contributed by atoms with Crippen LogP contribution >= 0.6 is 11.3 Å². The van der Waals surface area contributed by atoms with Crippen LogP contribution in [0, 0.1) is 6.92 Å². The highest BCUT2D eigenvalue weighted by atomic mass is 32.1. The molecule has 1 atom stereocenters. The van der Waals surface area contributed by atoms with Crippen molar-refractivity contribution in [2.24, 2.45) is 0 Å². The first-order valence-corrected chi connectivity index (χ1v) is 8.62. The van der Waals surface area contributed by atoms with Crippen LogP contribution in [0.3, 0.4) is 0 Å². The number of rotatable bonds is 6. The van der Waals surface area contributed by atoms with Crippen molar-refractivity contribution in [3.63, 3.8) is 0 Å². The van der Waals surface area contributed by atoms with Crippen molar-refractivity contribution in [2.75, 3.05) is 32.8 Å². The third-order valence-corrected chi connectivity index (χ3v) is 5.07. The van der Waals surface area contributed by atoms with Crippen molar-refractivity contribution >= 4 is 11.3 Å². The fourth-order valence-electron chi connectivity index (χ4n) is 2.79. The zero-order valence-electron chi connectivity index (χ0n) is 13.0. The van der Waals surface area contributed by atoms with Crippen molar-refractivity contribution in [3.8, 4) is 0 Å². The highest BCUT2D eigenvalue weighted by molar-refractivity contribution is 7.12. The number of aromatic nitrogens is 1. The van der Waals surface area contributed by atoms with E-state index in [1.165, 1.54) is 15.3 Å². The Morgan fingerprint density at radius 3 is 2.86 bits per heavy atom. The predicted octanol–water partition coefficient (Wildman–Crippen LogP) is 2.61. The maximum atomic E-state index is 5.50. The second kappa shape index (κ2) is 7.83. The van der Waals surface area contributed by atoms with Gasteiger partial charge in [0, 0.05) is 48.3 Å². The van der Waals surface area contributed by atoms with Crippen LogP contribution in [0.15, 0.2) is 36.7 Å². The number of hydrogen-bond acceptors (Lipinski definition) is 5. The van der Waals surface area contributed by atoms with E-state index in [1.54, 1.807) is 0 Å². The Labute approximate surface area is 136 Å². The average Bonchev–Trinajstić information content (AvgIpc) is 2.99. The maximum Gasteiger partial charge on any atom is 0.0594 e. The first kappa shape index (κ1) is 15.6. The van der Waals surface area contributed by atoms with Gasteiger partial charge in [0.2, 0.25) is 0 Å². The predicted molar refractivity (Wildman–Crippen MR) is 90.1 cm³/mol. The highest BCUT2D eigenvalue weighted by Gasteiger charge is 2.23. The molecule has 1 aliphatic rings. The van der Waals surface area contributed by atoms with Crippen LogP contribution in [-0.2, 0) is 11.3 Å². The zero-order valence-corrected chi connectivity index (χ0v) is 13.8. The first-order chi connectivity index (χ1) is 10.8. The third kappa shape index (κ3) is 4.14. The van der Waals surface area contributed by atoms with E-state index >= 15 is 0 Å². The largest absolute Gasteiger partial charge is 0.379 e. The molecule has 0 bridgehead atoms. The Balaban J connectivity index is 1.63. The molecule has 4 nitrogen and oxygen atoms in total. The molecule has 22 heavy (non-hydrogen) atoms. The number of thiophene rings is 1. The van der Waals surface area contributed by atoms with Crippen LogP contribution in [0.1, 0.15) is 21.4 Å². The summed E-state index contributed by atoms with van der Waals surface area (Å²) in [6.45, 7) is 7.68. The van der Waals surface area contributed by atoms with Gasteiger partial charge in [-0.2, -0.15) is 0 Å². The van der Waals surface area contributed by atoms with E-state index in [2.05, 4.69) is 40.3 Å². The smallest absolute Gasteiger partial charge is 0.0594 e. The molecule has 3 rings (SSSR count). The maximum absolute atomic E-state index is 5.50. The Morgan fingerprint density at radius 1 is 1.32 bits per heavy atom. The minimum atomic E-state index is 0.430. The molecule has 0 amide bonds. The van der Waals surface area contributed by atoms with E-state index in [-0.39, 0.29) is 0 Å². The summed E-state index contributed by atoms with van der Waals surface area (Å²) in [7, 11) is 0. The zero-order chi connectivity index (χ0) is 15.2. The minimum Gasteiger partial charge on any atom is -0.379 e. The quantitative estimate of drug-likeness (QED) is 0.889. The van der Waals surface area contributed by atoms with Gasteiger partial charge in [0.15, 0.2) is 0 Å². The third-order valence-electron chi connectivity index (χ3n) is 3.97. The van der Waals surface area contributed by atoms with Crippen molar-refractivity contribution in [3.05, 3.63) is 52.0 Å². The standard InChI is InChI=1S/C17H23N3OS/c1-14-4-5-17(22-14)16(20-7-9-21-10-8-20)13-19-12-15-3-2-6-18-11-15/h2-6,11,16,19H,7-10,12-13H2,1H3/t16-/m1/s1. The molecule has 2 aromatic rings. The van der Waals surface area contributed by atoms with Gasteiger partial charge in [-0.25, -0.2) is 0 Å². The summed E-state index contributed by atoms with van der Waals surface area (Å²) in [6, 6.07) is 9.01. The summed E-state index contributed by atoms with van der Waals surface area (Å²) in [4.78, 5) is 9.52. The van der Waals surface area contributed by atoms with Crippen LogP contribution in [0.2, 0.25) is 0 Å². The molecule has 0 unspecified atom stereocenters. The van der Waals surface area contributed by atoms with E-state index in [0.717, 1.165) is 39.4 Å². The Hall–Kier alpha value is -1.27. The number of hydrogen-bond donors (Lipinski definition) is 1. The van der Waals surface area contributed by atoms with Gasteiger partial charge in [-0.3, -0.25) is 9.88 Å². The lowest BCUT2D eigenvalue weighted by atomic mass is 10.1. The minimum absolute atomic E-state index is 0.430. The molecule has 1 aliphatic heterocycles. The average molecular weight is 317 g/mol. The highest BCUT2D eigenvalue weighted by Crippen LogP contribution is 2.27. The number of pyridine rings is 1. The van der Waals surface area contributed by atoms with Gasteiger partial charge >= 0.3 is 0 Å². The summed E-state index contributed by atoms with van der Waals surface area (Å²) >= 11 is 1.90. The topological polar surface area (TPSA) is 37.4 Å². The fourth-order valence-corrected chi connectivity index (χ4v) is 3.80. The van der Waals surface area contributed by atoms with Gasteiger partial charge < -0.3 is 10.1 Å². The lowest BCUT2D eigenvalue weighted by molar-refractivity contribution is 0.0168. The van der Waals surface area contributed by atoms with Crippen molar-refractivity contribution in [2.45, 2.75) is 19.5 Å². The fraction of sp³-hybridized carbons (Fsp3) is 0.471. The van der Waals surface area contributed by atoms with Crippen molar-refractivity contribution in [1.29, 1.82) is 0 Å². The van der Waals surface area contributed by atoms with Gasteiger partial charge in [0.05, 0.1) is 19.3 Å². The second-order valence-corrected chi connectivity index (χ2v) is 6.92. The Morgan fingerprint density at radius 2 is 2.18 bits per heavy atom. The summed E-state index contributed by atoms with van der Waals surface area (Å²) in [5, 5.41) is 3.59. The number of nitrogens with one attached hydrogen (secondary N) is 1. The second-order valence-electron chi connectivity index (χ2n) is 5.60. The van der Waals surface area contributed by atoms with Crippen LogP contribution in [0.5, 0.6) is 0 Å². The van der Waals surface area contributed by atoms with Gasteiger partial charge in [-0.15, -0.1) is 11.3 Å². The molecular formula is C17H23N3OS. The van der Waals surface area contributed by atoms with Gasteiger partial charge in [0.1, 0.15) is 0 Å². The molecule has 3 heterocycles. The molecule has 0 aliphatic carbocycles. The van der Waals surface area contributed by atoms with Crippen molar-refractivity contribution < 1.29 is 4.74 Å².